The number of pyridine rings is 1. The van der Waals surface area contributed by atoms with Crippen LogP contribution >= 0.6 is 0 Å². The second-order valence-corrected chi connectivity index (χ2v) is 6.84. The lowest BCUT2D eigenvalue weighted by Gasteiger charge is -2.28. The SMILES string of the molecule is CCc1ccc(C(=O)N2CCn3nnc(COCc4cccnc4)c3C2)cc1. The molecule has 7 heteroatoms. The van der Waals surface area contributed by atoms with Crippen molar-refractivity contribution in [1.82, 2.24) is 24.9 Å². The Morgan fingerprint density at radius 1 is 1.11 bits per heavy atom. The van der Waals surface area contributed by atoms with Gasteiger partial charge < -0.3 is 9.64 Å². The molecule has 1 aliphatic rings. The van der Waals surface area contributed by atoms with Gasteiger partial charge in [-0.3, -0.25) is 9.78 Å². The van der Waals surface area contributed by atoms with E-state index in [-0.39, 0.29) is 5.91 Å². The molecule has 0 atom stereocenters. The number of benzene rings is 1. The average molecular weight is 377 g/mol. The number of aromatic nitrogens is 4. The number of aryl methyl sites for hydroxylation is 1. The van der Waals surface area contributed by atoms with Gasteiger partial charge in [-0.2, -0.15) is 0 Å². The van der Waals surface area contributed by atoms with E-state index < -0.39 is 0 Å². The highest BCUT2D eigenvalue weighted by molar-refractivity contribution is 5.94. The molecule has 7 nitrogen and oxygen atoms in total. The maximum absolute atomic E-state index is 12.9. The molecule has 0 N–H and O–H groups in total. The van der Waals surface area contributed by atoms with Gasteiger partial charge in [0.2, 0.25) is 0 Å². The summed E-state index contributed by atoms with van der Waals surface area (Å²) in [5.74, 6) is 0.0392. The first-order chi connectivity index (χ1) is 13.7. The predicted molar refractivity (Wildman–Crippen MR) is 103 cm³/mol. The van der Waals surface area contributed by atoms with Gasteiger partial charge >= 0.3 is 0 Å². The molecule has 0 aliphatic carbocycles. The van der Waals surface area contributed by atoms with E-state index in [1.165, 1.54) is 5.56 Å². The zero-order valence-electron chi connectivity index (χ0n) is 15.9. The standard InChI is InChI=1S/C21H23N5O2/c1-2-16-5-7-18(8-6-16)21(27)25-10-11-26-20(13-25)19(23-24-26)15-28-14-17-4-3-9-22-12-17/h3-9,12H,2,10-11,13-15H2,1H3. The summed E-state index contributed by atoms with van der Waals surface area (Å²) in [7, 11) is 0. The van der Waals surface area contributed by atoms with Crippen molar-refractivity contribution in [2.24, 2.45) is 0 Å². The van der Waals surface area contributed by atoms with E-state index >= 15 is 0 Å². The molecule has 0 spiro atoms. The van der Waals surface area contributed by atoms with Crippen molar-refractivity contribution in [3.05, 3.63) is 76.9 Å². The van der Waals surface area contributed by atoms with E-state index in [9.17, 15) is 4.79 Å². The number of amides is 1. The van der Waals surface area contributed by atoms with E-state index in [1.807, 2.05) is 46.0 Å². The number of fused-ring (bicyclic) bond motifs is 1. The molecule has 3 aromatic rings. The van der Waals surface area contributed by atoms with Crippen molar-refractivity contribution in [3.8, 4) is 0 Å². The Bertz CT molecular complexity index is 937. The van der Waals surface area contributed by atoms with E-state index in [0.717, 1.165) is 23.4 Å². The molecule has 0 fully saturated rings. The summed E-state index contributed by atoms with van der Waals surface area (Å²) in [4.78, 5) is 18.8. The Labute approximate surface area is 164 Å². The summed E-state index contributed by atoms with van der Waals surface area (Å²) >= 11 is 0. The van der Waals surface area contributed by atoms with Crippen LogP contribution in [0, 0.1) is 0 Å². The van der Waals surface area contributed by atoms with Crippen LogP contribution in [0.2, 0.25) is 0 Å². The minimum absolute atomic E-state index is 0.0392. The van der Waals surface area contributed by atoms with Gasteiger partial charge in [0.15, 0.2) is 0 Å². The molecule has 2 aromatic heterocycles. The van der Waals surface area contributed by atoms with E-state index in [0.29, 0.717) is 38.4 Å². The largest absolute Gasteiger partial charge is 0.370 e. The number of hydrogen-bond donors (Lipinski definition) is 0. The predicted octanol–water partition coefficient (Wildman–Crippen LogP) is 2.61. The van der Waals surface area contributed by atoms with Gasteiger partial charge in [-0.1, -0.05) is 30.3 Å². The number of carbonyl (C=O) groups is 1. The number of hydrogen-bond acceptors (Lipinski definition) is 5. The Balaban J connectivity index is 1.41. The summed E-state index contributed by atoms with van der Waals surface area (Å²) in [6.07, 6.45) is 4.48. The fourth-order valence-corrected chi connectivity index (χ4v) is 3.30. The maximum atomic E-state index is 12.9. The number of rotatable bonds is 6. The van der Waals surface area contributed by atoms with E-state index in [2.05, 4.69) is 22.2 Å². The van der Waals surface area contributed by atoms with Crippen molar-refractivity contribution in [1.29, 1.82) is 0 Å². The van der Waals surface area contributed by atoms with Crippen molar-refractivity contribution in [3.63, 3.8) is 0 Å². The third-order valence-electron chi connectivity index (χ3n) is 4.97. The Kier molecular flexibility index (Phi) is 5.43. The van der Waals surface area contributed by atoms with Gasteiger partial charge in [0.05, 0.1) is 32.0 Å². The molecular weight excluding hydrogens is 354 g/mol. The Hall–Kier alpha value is -3.06. The van der Waals surface area contributed by atoms with Crippen LogP contribution in [0.1, 0.15) is 39.8 Å². The number of nitrogens with zero attached hydrogens (tertiary/aromatic N) is 5. The molecule has 3 heterocycles. The molecule has 144 valence electrons. The first kappa shape index (κ1) is 18.3. The molecule has 28 heavy (non-hydrogen) atoms. The quantitative estimate of drug-likeness (QED) is 0.660. The molecule has 0 saturated carbocycles. The van der Waals surface area contributed by atoms with Gasteiger partial charge in [-0.05, 0) is 35.7 Å². The molecule has 0 radical (unpaired) electrons. The highest BCUT2D eigenvalue weighted by Crippen LogP contribution is 2.18. The molecule has 1 aliphatic heterocycles. The monoisotopic (exact) mass is 377 g/mol. The van der Waals surface area contributed by atoms with Crippen LogP contribution in [0.4, 0.5) is 0 Å². The highest BCUT2D eigenvalue weighted by atomic mass is 16.5. The van der Waals surface area contributed by atoms with Crippen LogP contribution in [0.5, 0.6) is 0 Å². The molecule has 0 saturated heterocycles. The third kappa shape index (κ3) is 3.94. The normalized spacial score (nSPS) is 13.4. The summed E-state index contributed by atoms with van der Waals surface area (Å²) in [5, 5.41) is 8.46. The minimum Gasteiger partial charge on any atom is -0.370 e. The summed E-state index contributed by atoms with van der Waals surface area (Å²) in [6, 6.07) is 11.7. The third-order valence-corrected chi connectivity index (χ3v) is 4.97. The lowest BCUT2D eigenvalue weighted by Crippen LogP contribution is -2.38. The fourth-order valence-electron chi connectivity index (χ4n) is 3.30. The molecule has 0 unspecified atom stereocenters. The molecule has 4 rings (SSSR count). The Morgan fingerprint density at radius 3 is 2.71 bits per heavy atom. The van der Waals surface area contributed by atoms with Crippen LogP contribution in [0.25, 0.3) is 0 Å². The number of carbonyl (C=O) groups excluding carboxylic acids is 1. The van der Waals surface area contributed by atoms with Crippen LogP contribution in [-0.4, -0.2) is 37.3 Å². The highest BCUT2D eigenvalue weighted by Gasteiger charge is 2.25. The topological polar surface area (TPSA) is 73.1 Å². The first-order valence-electron chi connectivity index (χ1n) is 9.50. The zero-order valence-corrected chi connectivity index (χ0v) is 15.9. The first-order valence-corrected chi connectivity index (χ1v) is 9.50. The van der Waals surface area contributed by atoms with Crippen LogP contribution < -0.4 is 0 Å². The van der Waals surface area contributed by atoms with Gasteiger partial charge in [0, 0.05) is 24.5 Å². The van der Waals surface area contributed by atoms with Gasteiger partial charge in [0.1, 0.15) is 5.69 Å². The Morgan fingerprint density at radius 2 is 1.96 bits per heavy atom. The second kappa shape index (κ2) is 8.31. The van der Waals surface area contributed by atoms with E-state index in [1.54, 1.807) is 12.4 Å². The second-order valence-electron chi connectivity index (χ2n) is 6.84. The van der Waals surface area contributed by atoms with Gasteiger partial charge in [-0.25, -0.2) is 4.68 Å². The van der Waals surface area contributed by atoms with Crippen LogP contribution in [0.15, 0.2) is 48.8 Å². The molecule has 1 aromatic carbocycles. The lowest BCUT2D eigenvalue weighted by atomic mass is 10.1. The van der Waals surface area contributed by atoms with Crippen molar-refractivity contribution in [2.75, 3.05) is 6.54 Å². The van der Waals surface area contributed by atoms with Gasteiger partial charge in [0.25, 0.3) is 5.91 Å². The van der Waals surface area contributed by atoms with Crippen molar-refractivity contribution in [2.45, 2.75) is 39.6 Å². The van der Waals surface area contributed by atoms with E-state index in [4.69, 9.17) is 4.74 Å². The number of ether oxygens (including phenoxy) is 1. The van der Waals surface area contributed by atoms with Crippen molar-refractivity contribution < 1.29 is 9.53 Å². The summed E-state index contributed by atoms with van der Waals surface area (Å²) < 4.78 is 7.64. The fraction of sp³-hybridized carbons (Fsp3) is 0.333. The van der Waals surface area contributed by atoms with Crippen LogP contribution in [-0.2, 0) is 37.5 Å². The van der Waals surface area contributed by atoms with Crippen molar-refractivity contribution >= 4 is 5.91 Å². The molecule has 0 bridgehead atoms. The maximum Gasteiger partial charge on any atom is 0.254 e. The molecular formula is C21H23N5O2. The molecule has 1 amide bonds. The van der Waals surface area contributed by atoms with Gasteiger partial charge in [-0.15, -0.1) is 5.10 Å². The average Bonchev–Trinajstić information content (AvgIpc) is 3.16. The van der Waals surface area contributed by atoms with Crippen LogP contribution in [0.3, 0.4) is 0 Å². The summed E-state index contributed by atoms with van der Waals surface area (Å²) in [5.41, 5.74) is 4.67. The smallest absolute Gasteiger partial charge is 0.254 e. The summed E-state index contributed by atoms with van der Waals surface area (Å²) in [6.45, 7) is 4.69. The minimum atomic E-state index is 0.0392. The lowest BCUT2D eigenvalue weighted by molar-refractivity contribution is 0.0698. The zero-order chi connectivity index (χ0) is 19.3.